The van der Waals surface area contributed by atoms with Gasteiger partial charge in [-0.2, -0.15) is 0 Å². The largest absolute Gasteiger partial charge is 0.480 e. The molecule has 0 saturated carbocycles. The number of morpholine rings is 1. The van der Waals surface area contributed by atoms with E-state index in [0.717, 1.165) is 6.42 Å². The number of aliphatic carboxylic acids is 1. The Labute approximate surface area is 89.6 Å². The first-order chi connectivity index (χ1) is 7.20. The molecule has 1 rings (SSSR count). The highest BCUT2D eigenvalue weighted by atomic mass is 16.5. The summed E-state index contributed by atoms with van der Waals surface area (Å²) in [5, 5.41) is 18.3. The summed E-state index contributed by atoms with van der Waals surface area (Å²) in [5.74, 6) is -0.808. The number of hydrogen-bond donors (Lipinski definition) is 2. The number of carboxylic acids is 1. The second-order valence-electron chi connectivity index (χ2n) is 3.79. The number of aliphatic hydroxyl groups excluding tert-OH is 1. The Kier molecular flexibility index (Phi) is 5.01. The molecule has 5 heteroatoms. The Morgan fingerprint density at radius 3 is 2.93 bits per heavy atom. The summed E-state index contributed by atoms with van der Waals surface area (Å²) in [5.41, 5.74) is 0. The fourth-order valence-corrected chi connectivity index (χ4v) is 1.94. The van der Waals surface area contributed by atoms with E-state index < -0.39 is 12.0 Å². The molecule has 1 heterocycles. The van der Waals surface area contributed by atoms with Gasteiger partial charge in [0.1, 0.15) is 6.04 Å². The molecule has 2 atom stereocenters. The van der Waals surface area contributed by atoms with Crippen molar-refractivity contribution in [2.45, 2.75) is 31.8 Å². The van der Waals surface area contributed by atoms with E-state index in [0.29, 0.717) is 26.2 Å². The van der Waals surface area contributed by atoms with Crippen molar-refractivity contribution in [1.29, 1.82) is 0 Å². The molecular formula is C10H19NO4. The molecule has 88 valence electrons. The zero-order valence-electron chi connectivity index (χ0n) is 9.06. The van der Waals surface area contributed by atoms with E-state index in [1.165, 1.54) is 0 Å². The molecule has 1 aliphatic rings. The molecular weight excluding hydrogens is 198 g/mol. The van der Waals surface area contributed by atoms with Gasteiger partial charge in [0.15, 0.2) is 0 Å². The number of aliphatic hydroxyl groups is 1. The van der Waals surface area contributed by atoms with Crippen LogP contribution in [0.1, 0.15) is 19.8 Å². The number of carboxylic acid groups (broad SMARTS) is 1. The van der Waals surface area contributed by atoms with Crippen LogP contribution >= 0.6 is 0 Å². The number of nitrogens with zero attached hydrogens (tertiary/aromatic N) is 1. The van der Waals surface area contributed by atoms with E-state index in [1.54, 1.807) is 0 Å². The van der Waals surface area contributed by atoms with Gasteiger partial charge in [0.25, 0.3) is 0 Å². The standard InChI is InChI=1S/C10H19NO4/c1-2-3-9(10(13)14)11-4-5-15-7-8(11)6-12/h8-9,12H,2-7H2,1H3,(H,13,14). The van der Waals surface area contributed by atoms with Gasteiger partial charge in [-0.15, -0.1) is 0 Å². The molecule has 1 saturated heterocycles. The van der Waals surface area contributed by atoms with E-state index >= 15 is 0 Å². The molecule has 0 amide bonds. The Morgan fingerprint density at radius 1 is 1.67 bits per heavy atom. The van der Waals surface area contributed by atoms with Crippen molar-refractivity contribution < 1.29 is 19.7 Å². The highest BCUT2D eigenvalue weighted by Crippen LogP contribution is 2.15. The summed E-state index contributed by atoms with van der Waals surface area (Å²) in [6, 6.07) is -0.664. The quantitative estimate of drug-likeness (QED) is 0.674. The van der Waals surface area contributed by atoms with Crippen LogP contribution in [0.5, 0.6) is 0 Å². The number of rotatable bonds is 5. The average Bonchev–Trinajstić information content (AvgIpc) is 2.25. The minimum absolute atomic E-state index is 0.0481. The van der Waals surface area contributed by atoms with E-state index in [4.69, 9.17) is 14.9 Å². The van der Waals surface area contributed by atoms with Crippen LogP contribution in [0.3, 0.4) is 0 Å². The summed E-state index contributed by atoms with van der Waals surface area (Å²) in [6.07, 6.45) is 1.44. The maximum Gasteiger partial charge on any atom is 0.320 e. The van der Waals surface area contributed by atoms with E-state index in [1.807, 2.05) is 11.8 Å². The molecule has 0 aromatic carbocycles. The lowest BCUT2D eigenvalue weighted by atomic mass is 10.1. The van der Waals surface area contributed by atoms with Crippen molar-refractivity contribution in [1.82, 2.24) is 4.90 Å². The number of ether oxygens (including phenoxy) is 1. The number of hydrogen-bond acceptors (Lipinski definition) is 4. The first kappa shape index (κ1) is 12.4. The predicted octanol–water partition coefficient (Wildman–Crippen LogP) is -0.0672. The lowest BCUT2D eigenvalue weighted by Gasteiger charge is -2.38. The van der Waals surface area contributed by atoms with Crippen LogP contribution in [0.25, 0.3) is 0 Å². The summed E-state index contributed by atoms with van der Waals surface area (Å²) in [6.45, 7) is 3.47. The topological polar surface area (TPSA) is 70.0 Å². The van der Waals surface area contributed by atoms with Gasteiger partial charge in [0.2, 0.25) is 0 Å². The molecule has 0 aromatic heterocycles. The van der Waals surface area contributed by atoms with E-state index in [2.05, 4.69) is 0 Å². The van der Waals surface area contributed by atoms with Crippen molar-refractivity contribution in [3.63, 3.8) is 0 Å². The van der Waals surface area contributed by atoms with Crippen LogP contribution < -0.4 is 0 Å². The van der Waals surface area contributed by atoms with Gasteiger partial charge in [-0.25, -0.2) is 0 Å². The third-order valence-electron chi connectivity index (χ3n) is 2.73. The highest BCUT2D eigenvalue weighted by Gasteiger charge is 2.32. The van der Waals surface area contributed by atoms with Crippen molar-refractivity contribution >= 4 is 5.97 Å². The van der Waals surface area contributed by atoms with E-state index in [9.17, 15) is 4.79 Å². The fourth-order valence-electron chi connectivity index (χ4n) is 1.94. The van der Waals surface area contributed by atoms with Crippen LogP contribution in [0.2, 0.25) is 0 Å². The second-order valence-corrected chi connectivity index (χ2v) is 3.79. The summed E-state index contributed by atoms with van der Waals surface area (Å²) >= 11 is 0. The van der Waals surface area contributed by atoms with Gasteiger partial charge in [-0.1, -0.05) is 13.3 Å². The Bertz CT molecular complexity index is 210. The molecule has 2 unspecified atom stereocenters. The molecule has 0 aromatic rings. The van der Waals surface area contributed by atoms with Crippen LogP contribution in [-0.4, -0.2) is 59.5 Å². The molecule has 0 aliphatic carbocycles. The normalized spacial score (nSPS) is 25.1. The highest BCUT2D eigenvalue weighted by molar-refractivity contribution is 5.73. The summed E-state index contributed by atoms with van der Waals surface area (Å²) in [4.78, 5) is 12.9. The Morgan fingerprint density at radius 2 is 2.40 bits per heavy atom. The SMILES string of the molecule is CCCC(C(=O)O)N1CCOCC1CO. The van der Waals surface area contributed by atoms with Gasteiger partial charge in [0, 0.05) is 6.54 Å². The zero-order chi connectivity index (χ0) is 11.3. The van der Waals surface area contributed by atoms with Crippen LogP contribution in [-0.2, 0) is 9.53 Å². The monoisotopic (exact) mass is 217 g/mol. The number of carbonyl (C=O) groups is 1. The smallest absolute Gasteiger partial charge is 0.320 e. The van der Waals surface area contributed by atoms with Crippen molar-refractivity contribution in [2.24, 2.45) is 0 Å². The van der Waals surface area contributed by atoms with Crippen LogP contribution in [0, 0.1) is 0 Å². The first-order valence-corrected chi connectivity index (χ1v) is 5.37. The molecule has 5 nitrogen and oxygen atoms in total. The fraction of sp³-hybridized carbons (Fsp3) is 0.900. The third-order valence-corrected chi connectivity index (χ3v) is 2.73. The molecule has 15 heavy (non-hydrogen) atoms. The summed E-state index contributed by atoms with van der Waals surface area (Å²) in [7, 11) is 0. The lowest BCUT2D eigenvalue weighted by Crippen LogP contribution is -2.54. The molecule has 1 fully saturated rings. The van der Waals surface area contributed by atoms with Crippen molar-refractivity contribution in [3.8, 4) is 0 Å². The lowest BCUT2D eigenvalue weighted by molar-refractivity contribution is -0.148. The van der Waals surface area contributed by atoms with Gasteiger partial charge in [-0.3, -0.25) is 9.69 Å². The van der Waals surface area contributed by atoms with Crippen molar-refractivity contribution in [3.05, 3.63) is 0 Å². The maximum atomic E-state index is 11.1. The minimum atomic E-state index is -0.808. The second kappa shape index (κ2) is 6.05. The molecule has 0 spiro atoms. The molecule has 0 radical (unpaired) electrons. The zero-order valence-corrected chi connectivity index (χ0v) is 9.06. The maximum absolute atomic E-state index is 11.1. The first-order valence-electron chi connectivity index (χ1n) is 5.37. The predicted molar refractivity (Wildman–Crippen MR) is 54.7 cm³/mol. The van der Waals surface area contributed by atoms with Crippen LogP contribution in [0.4, 0.5) is 0 Å². The van der Waals surface area contributed by atoms with Gasteiger partial charge in [0.05, 0.1) is 25.9 Å². The molecule has 0 bridgehead atoms. The van der Waals surface area contributed by atoms with Gasteiger partial charge in [-0.05, 0) is 6.42 Å². The van der Waals surface area contributed by atoms with E-state index in [-0.39, 0.29) is 12.6 Å². The third kappa shape index (κ3) is 3.15. The van der Waals surface area contributed by atoms with Gasteiger partial charge >= 0.3 is 5.97 Å². The summed E-state index contributed by atoms with van der Waals surface area (Å²) < 4.78 is 5.22. The average molecular weight is 217 g/mol. The molecule has 2 N–H and O–H groups in total. The Balaban J connectivity index is 2.65. The Hall–Kier alpha value is -0.650. The minimum Gasteiger partial charge on any atom is -0.480 e. The van der Waals surface area contributed by atoms with Gasteiger partial charge < -0.3 is 14.9 Å². The van der Waals surface area contributed by atoms with Crippen LogP contribution in [0.15, 0.2) is 0 Å². The van der Waals surface area contributed by atoms with Crippen molar-refractivity contribution in [2.75, 3.05) is 26.4 Å². The molecule has 1 aliphatic heterocycles.